The van der Waals surface area contributed by atoms with Gasteiger partial charge in [0, 0.05) is 61.1 Å². The molecular formula is C35H34ClN7O5. The van der Waals surface area contributed by atoms with E-state index in [1.807, 2.05) is 18.2 Å². The molecule has 1 fully saturated rings. The first-order valence-corrected chi connectivity index (χ1v) is 16.0. The number of carbonyl (C=O) groups excluding carboxylic acids is 2. The maximum atomic E-state index is 13.2. The molecule has 0 spiro atoms. The van der Waals surface area contributed by atoms with Crippen molar-refractivity contribution in [2.75, 3.05) is 19.0 Å². The quantitative estimate of drug-likeness (QED) is 0.243. The van der Waals surface area contributed by atoms with Gasteiger partial charge in [-0.15, -0.1) is 0 Å². The number of nitrogens with zero attached hydrogens (tertiary/aromatic N) is 4. The number of ether oxygens (including phenoxy) is 1. The molecule has 0 bridgehead atoms. The van der Waals surface area contributed by atoms with E-state index in [2.05, 4.69) is 22.0 Å². The van der Waals surface area contributed by atoms with E-state index in [-0.39, 0.29) is 34.8 Å². The van der Waals surface area contributed by atoms with Crippen LogP contribution in [0.1, 0.15) is 58.8 Å². The van der Waals surface area contributed by atoms with Gasteiger partial charge in [0.15, 0.2) is 0 Å². The summed E-state index contributed by atoms with van der Waals surface area (Å²) in [6, 6.07) is 14.9. The first-order chi connectivity index (χ1) is 23.1. The summed E-state index contributed by atoms with van der Waals surface area (Å²) >= 11 is 7.05. The molecule has 2 aromatic carbocycles. The Hall–Kier alpha value is -5.25. The van der Waals surface area contributed by atoms with Crippen LogP contribution in [0.15, 0.2) is 58.3 Å². The molecule has 0 saturated carbocycles. The number of amides is 2. The van der Waals surface area contributed by atoms with Crippen molar-refractivity contribution in [1.82, 2.24) is 24.8 Å². The Labute approximate surface area is 281 Å². The molecule has 3 N–H and O–H groups in total. The number of pyridine rings is 1. The molecule has 2 aromatic heterocycles. The average Bonchev–Trinajstić information content (AvgIpc) is 3.70. The molecule has 1 saturated heterocycles. The van der Waals surface area contributed by atoms with Crippen molar-refractivity contribution in [2.24, 2.45) is 14.1 Å². The molecule has 48 heavy (non-hydrogen) atoms. The maximum Gasteiger partial charge on any atom is 0.330 e. The summed E-state index contributed by atoms with van der Waals surface area (Å²) in [5.41, 5.74) is 3.21. The second-order valence-electron chi connectivity index (χ2n) is 12.0. The van der Waals surface area contributed by atoms with Crippen molar-refractivity contribution in [3.05, 3.63) is 96.8 Å². The van der Waals surface area contributed by atoms with Gasteiger partial charge in [-0.2, -0.15) is 5.26 Å². The Morgan fingerprint density at radius 2 is 1.85 bits per heavy atom. The largest absolute Gasteiger partial charge is 0.481 e. The van der Waals surface area contributed by atoms with Crippen LogP contribution in [0.2, 0.25) is 5.02 Å². The number of aryl methyl sites for hydroxylation is 2. The molecular weight excluding hydrogens is 634 g/mol. The summed E-state index contributed by atoms with van der Waals surface area (Å²) in [5, 5.41) is 19.9. The number of fused-ring (bicyclic) bond motifs is 1. The molecule has 12 nitrogen and oxygen atoms in total. The summed E-state index contributed by atoms with van der Waals surface area (Å²) in [5.74, 6) is -0.130. The van der Waals surface area contributed by atoms with Gasteiger partial charge >= 0.3 is 5.69 Å². The summed E-state index contributed by atoms with van der Waals surface area (Å²) < 4.78 is 7.76. The molecule has 0 unspecified atom stereocenters. The summed E-state index contributed by atoms with van der Waals surface area (Å²) in [6.45, 7) is 0.760. The monoisotopic (exact) mass is 667 g/mol. The second-order valence-corrected chi connectivity index (χ2v) is 12.4. The van der Waals surface area contributed by atoms with Gasteiger partial charge in [-0.05, 0) is 49.9 Å². The zero-order chi connectivity index (χ0) is 34.1. The molecule has 2 atom stereocenters. The first kappa shape index (κ1) is 32.7. The molecule has 6 rings (SSSR count). The summed E-state index contributed by atoms with van der Waals surface area (Å²) in [6.07, 6.45) is 5.19. The third kappa shape index (κ3) is 6.10. The lowest BCUT2D eigenvalue weighted by Crippen LogP contribution is -2.40. The maximum absolute atomic E-state index is 13.2. The van der Waals surface area contributed by atoms with Gasteiger partial charge in [-0.1, -0.05) is 41.9 Å². The SMILES string of the molecule is COc1nc(-c2cccc(-c3cccc(NC(=O)c4cn(C)c(=O)n(C)c4=O)c3C#N)c2Cl)cc2c1[C@@H](NCC[C@@H]1CCC(=O)N1)CC2. The van der Waals surface area contributed by atoms with Crippen molar-refractivity contribution >= 4 is 29.1 Å². The fraction of sp³-hybridized carbons (Fsp3) is 0.314. The number of hydrogen-bond acceptors (Lipinski definition) is 8. The van der Waals surface area contributed by atoms with Crippen LogP contribution in [-0.4, -0.2) is 45.6 Å². The van der Waals surface area contributed by atoms with Crippen LogP contribution in [0, 0.1) is 11.3 Å². The van der Waals surface area contributed by atoms with Gasteiger partial charge in [0.05, 0.1) is 29.1 Å². The second kappa shape index (κ2) is 13.5. The fourth-order valence-corrected chi connectivity index (χ4v) is 6.85. The van der Waals surface area contributed by atoms with E-state index in [9.17, 15) is 24.4 Å². The van der Waals surface area contributed by atoms with E-state index in [0.29, 0.717) is 39.7 Å². The molecule has 13 heteroatoms. The van der Waals surface area contributed by atoms with Crippen molar-refractivity contribution in [2.45, 2.75) is 44.2 Å². The van der Waals surface area contributed by atoms with E-state index in [1.54, 1.807) is 31.4 Å². The van der Waals surface area contributed by atoms with Crippen molar-refractivity contribution in [3.8, 4) is 34.3 Å². The van der Waals surface area contributed by atoms with Gasteiger partial charge in [-0.3, -0.25) is 19.0 Å². The minimum Gasteiger partial charge on any atom is -0.481 e. The molecule has 1 aliphatic heterocycles. The fourth-order valence-electron chi connectivity index (χ4n) is 6.52. The molecule has 4 aromatic rings. The lowest BCUT2D eigenvalue weighted by Gasteiger charge is -2.19. The zero-order valence-corrected chi connectivity index (χ0v) is 27.5. The highest BCUT2D eigenvalue weighted by Crippen LogP contribution is 2.43. The standard InChI is InChI=1S/C35H34ClN7O5/c1-42-18-25(34(46)43(2)35(42)47)32(45)40-26-9-5-6-21(24(26)17-37)22-7-4-8-23(31(22)36)28-16-19-10-12-27(30(19)33(41-28)48-3)38-15-14-20-11-13-29(44)39-20/h4-9,16,18,20,27,38H,10-15H2,1-3H3,(H,39,44)(H,40,45)/t20-,27-/m0/s1. The van der Waals surface area contributed by atoms with Crippen LogP contribution in [0.25, 0.3) is 22.4 Å². The Balaban J connectivity index is 1.29. The van der Waals surface area contributed by atoms with Gasteiger partial charge in [0.1, 0.15) is 11.6 Å². The van der Waals surface area contributed by atoms with E-state index >= 15 is 0 Å². The minimum atomic E-state index is -0.757. The number of benzene rings is 2. The predicted octanol–water partition coefficient (Wildman–Crippen LogP) is 3.84. The van der Waals surface area contributed by atoms with Crippen LogP contribution >= 0.6 is 11.6 Å². The Morgan fingerprint density at radius 1 is 1.10 bits per heavy atom. The van der Waals surface area contributed by atoms with Gasteiger partial charge in [0.25, 0.3) is 11.5 Å². The van der Waals surface area contributed by atoms with E-state index in [4.69, 9.17) is 21.3 Å². The number of anilines is 1. The molecule has 2 aliphatic rings. The number of methoxy groups -OCH3 is 1. The highest BCUT2D eigenvalue weighted by molar-refractivity contribution is 6.36. The molecule has 2 amide bonds. The predicted molar refractivity (Wildman–Crippen MR) is 181 cm³/mol. The molecule has 3 heterocycles. The average molecular weight is 668 g/mol. The highest BCUT2D eigenvalue weighted by Gasteiger charge is 2.29. The van der Waals surface area contributed by atoms with Crippen molar-refractivity contribution in [3.63, 3.8) is 0 Å². The third-order valence-corrected chi connectivity index (χ3v) is 9.41. The zero-order valence-electron chi connectivity index (χ0n) is 26.7. The lowest BCUT2D eigenvalue weighted by molar-refractivity contribution is -0.119. The van der Waals surface area contributed by atoms with E-state index in [1.165, 1.54) is 20.3 Å². The van der Waals surface area contributed by atoms with Crippen LogP contribution in [0.4, 0.5) is 5.69 Å². The number of aromatic nitrogens is 3. The Bertz CT molecular complexity index is 2120. The van der Waals surface area contributed by atoms with Gasteiger partial charge in [-0.25, -0.2) is 9.78 Å². The van der Waals surface area contributed by atoms with Crippen molar-refractivity contribution < 1.29 is 14.3 Å². The minimum absolute atomic E-state index is 0.0764. The lowest BCUT2D eigenvalue weighted by atomic mass is 9.95. The van der Waals surface area contributed by atoms with Crippen LogP contribution < -0.4 is 31.9 Å². The number of hydrogen-bond donors (Lipinski definition) is 3. The number of halogens is 1. The number of nitrogens with one attached hydrogen (secondary N) is 3. The first-order valence-electron chi connectivity index (χ1n) is 15.6. The number of rotatable bonds is 9. The van der Waals surface area contributed by atoms with Crippen LogP contribution in [0.5, 0.6) is 5.88 Å². The normalized spacial score (nSPS) is 16.7. The van der Waals surface area contributed by atoms with E-state index in [0.717, 1.165) is 52.5 Å². The Kier molecular flexibility index (Phi) is 9.17. The molecule has 1 aliphatic carbocycles. The van der Waals surface area contributed by atoms with Gasteiger partial charge in [0.2, 0.25) is 11.8 Å². The summed E-state index contributed by atoms with van der Waals surface area (Å²) in [7, 11) is 4.33. The smallest absolute Gasteiger partial charge is 0.330 e. The van der Waals surface area contributed by atoms with E-state index < -0.39 is 17.2 Å². The van der Waals surface area contributed by atoms with Crippen LogP contribution in [0.3, 0.4) is 0 Å². The summed E-state index contributed by atoms with van der Waals surface area (Å²) in [4.78, 5) is 54.3. The Morgan fingerprint density at radius 3 is 2.58 bits per heavy atom. The highest BCUT2D eigenvalue weighted by atomic mass is 35.5. The van der Waals surface area contributed by atoms with Crippen LogP contribution in [-0.2, 0) is 25.3 Å². The van der Waals surface area contributed by atoms with Gasteiger partial charge < -0.3 is 25.3 Å². The number of nitriles is 1. The topological polar surface area (TPSA) is 160 Å². The molecule has 0 radical (unpaired) electrons. The number of carbonyl (C=O) groups is 2. The molecule has 246 valence electrons. The van der Waals surface area contributed by atoms with Crippen molar-refractivity contribution in [1.29, 1.82) is 5.26 Å². The third-order valence-electron chi connectivity index (χ3n) is 9.00.